The van der Waals surface area contributed by atoms with Crippen LogP contribution in [0.5, 0.6) is 0 Å². The molecule has 1 aromatic heterocycles. The molecule has 3 rings (SSSR count). The van der Waals surface area contributed by atoms with Crippen LogP contribution < -0.4 is 10.4 Å². The summed E-state index contributed by atoms with van der Waals surface area (Å²) in [6, 6.07) is 3.20. The number of carbonyl (C=O) groups is 1. The second-order valence-corrected chi connectivity index (χ2v) is 9.83. The van der Waals surface area contributed by atoms with Crippen LogP contribution in [0.1, 0.15) is 24.8 Å². The smallest absolute Gasteiger partial charge is 0.381 e. The summed E-state index contributed by atoms with van der Waals surface area (Å²) >= 11 is 0. The lowest BCUT2D eigenvalue weighted by Crippen LogP contribution is -2.62. The minimum atomic E-state index is -4.23. The molecule has 13 heteroatoms. The molecule has 1 aromatic rings. The number of halogens is 3. The van der Waals surface area contributed by atoms with Crippen molar-refractivity contribution in [3.63, 3.8) is 0 Å². The standard InChI is InChI=1S/C18H25F3N4O5S/c19-18(20,21)4-3-14-1-2-15(22-13-14)24-7-9-25(10-8-24)31(28,29)17(16(26)23-27)5-11-30-12-6-17/h1-2,13,27H,3-12H2,(H,23,26). The molecule has 0 aromatic carbocycles. The maximum absolute atomic E-state index is 13.3. The number of hydrogen-bond donors (Lipinski definition) is 2. The van der Waals surface area contributed by atoms with Gasteiger partial charge in [0.15, 0.2) is 4.75 Å². The summed E-state index contributed by atoms with van der Waals surface area (Å²) in [5.74, 6) is -0.420. The van der Waals surface area contributed by atoms with Crippen LogP contribution in [0.4, 0.5) is 19.0 Å². The highest BCUT2D eigenvalue weighted by Crippen LogP contribution is 2.33. The van der Waals surface area contributed by atoms with Gasteiger partial charge in [0.2, 0.25) is 10.0 Å². The van der Waals surface area contributed by atoms with E-state index < -0.39 is 33.3 Å². The molecular weight excluding hydrogens is 441 g/mol. The minimum Gasteiger partial charge on any atom is -0.381 e. The number of ether oxygens (including phenoxy) is 1. The third-order valence-corrected chi connectivity index (χ3v) is 8.34. The number of rotatable bonds is 6. The summed E-state index contributed by atoms with van der Waals surface area (Å²) in [5, 5.41) is 9.11. The lowest BCUT2D eigenvalue weighted by Gasteiger charge is -2.41. The van der Waals surface area contributed by atoms with Crippen LogP contribution in [0.2, 0.25) is 0 Å². The molecule has 2 N–H and O–H groups in total. The van der Waals surface area contributed by atoms with Gasteiger partial charge in [-0.1, -0.05) is 6.07 Å². The van der Waals surface area contributed by atoms with E-state index >= 15 is 0 Å². The quantitative estimate of drug-likeness (QED) is 0.477. The van der Waals surface area contributed by atoms with Crippen molar-refractivity contribution >= 4 is 21.7 Å². The molecule has 2 aliphatic heterocycles. The maximum Gasteiger partial charge on any atom is 0.389 e. The van der Waals surface area contributed by atoms with Crippen molar-refractivity contribution in [3.05, 3.63) is 23.9 Å². The van der Waals surface area contributed by atoms with Crippen molar-refractivity contribution in [2.24, 2.45) is 0 Å². The SMILES string of the molecule is O=C(NO)C1(S(=O)(=O)N2CCN(c3ccc(CCC(F)(F)F)cn3)CC2)CCOCC1. The Hall–Kier alpha value is -1.96. The number of carbonyl (C=O) groups excluding carboxylic acids is 1. The van der Waals surface area contributed by atoms with Crippen LogP contribution in [0.3, 0.4) is 0 Å². The summed E-state index contributed by atoms with van der Waals surface area (Å²) in [4.78, 5) is 18.3. The first-order valence-electron chi connectivity index (χ1n) is 9.88. The zero-order valence-corrected chi connectivity index (χ0v) is 17.6. The Labute approximate surface area is 178 Å². The number of nitrogens with one attached hydrogen (secondary N) is 1. The van der Waals surface area contributed by atoms with Gasteiger partial charge in [0.05, 0.1) is 0 Å². The van der Waals surface area contributed by atoms with E-state index in [0.717, 1.165) is 0 Å². The minimum absolute atomic E-state index is 0.0527. The number of aromatic nitrogens is 1. The van der Waals surface area contributed by atoms with E-state index in [1.165, 1.54) is 16.0 Å². The van der Waals surface area contributed by atoms with Crippen LogP contribution in [-0.4, -0.2) is 79.1 Å². The molecule has 174 valence electrons. The number of hydroxylamine groups is 1. The molecule has 0 spiro atoms. The van der Waals surface area contributed by atoms with Crippen LogP contribution in [-0.2, 0) is 26.0 Å². The molecule has 0 atom stereocenters. The van der Waals surface area contributed by atoms with Gasteiger partial charge in [-0.3, -0.25) is 10.0 Å². The topological polar surface area (TPSA) is 112 Å². The number of aryl methyl sites for hydroxylation is 1. The Kier molecular flexibility index (Phi) is 7.08. The molecule has 1 amide bonds. The van der Waals surface area contributed by atoms with Crippen LogP contribution in [0.15, 0.2) is 18.3 Å². The first-order valence-corrected chi connectivity index (χ1v) is 11.3. The van der Waals surface area contributed by atoms with Gasteiger partial charge in [0.1, 0.15) is 5.82 Å². The second-order valence-electron chi connectivity index (χ2n) is 7.58. The van der Waals surface area contributed by atoms with Gasteiger partial charge in [0, 0.05) is 64.9 Å². The number of pyridine rings is 1. The monoisotopic (exact) mass is 466 g/mol. The molecule has 0 saturated carbocycles. The van der Waals surface area contributed by atoms with Gasteiger partial charge in [-0.25, -0.2) is 18.9 Å². The van der Waals surface area contributed by atoms with Crippen molar-refractivity contribution in [1.82, 2.24) is 14.8 Å². The molecule has 9 nitrogen and oxygen atoms in total. The second kappa shape index (κ2) is 9.27. The lowest BCUT2D eigenvalue weighted by molar-refractivity contribution is -0.135. The number of amides is 1. The van der Waals surface area contributed by atoms with Crippen molar-refractivity contribution < 1.29 is 36.3 Å². The number of piperazine rings is 1. The normalized spacial score (nSPS) is 20.5. The Bertz CT molecular complexity index is 865. The molecule has 0 aliphatic carbocycles. The molecule has 2 fully saturated rings. The van der Waals surface area contributed by atoms with E-state index in [-0.39, 0.29) is 45.6 Å². The first-order chi connectivity index (χ1) is 14.6. The van der Waals surface area contributed by atoms with E-state index in [0.29, 0.717) is 24.5 Å². The summed E-state index contributed by atoms with van der Waals surface area (Å²) < 4.78 is 68.3. The predicted molar refractivity (Wildman–Crippen MR) is 104 cm³/mol. The van der Waals surface area contributed by atoms with Crippen molar-refractivity contribution in [3.8, 4) is 0 Å². The van der Waals surface area contributed by atoms with E-state index in [9.17, 15) is 26.4 Å². The summed E-state index contributed by atoms with van der Waals surface area (Å²) in [7, 11) is -4.06. The van der Waals surface area contributed by atoms with E-state index in [1.54, 1.807) is 12.1 Å². The molecule has 31 heavy (non-hydrogen) atoms. The van der Waals surface area contributed by atoms with Crippen molar-refractivity contribution in [2.45, 2.75) is 36.6 Å². The lowest BCUT2D eigenvalue weighted by atomic mass is 9.98. The fourth-order valence-electron chi connectivity index (χ4n) is 3.85. The third kappa shape index (κ3) is 5.10. The Morgan fingerprint density at radius 1 is 1.19 bits per heavy atom. The molecule has 0 radical (unpaired) electrons. The third-order valence-electron chi connectivity index (χ3n) is 5.72. The van der Waals surface area contributed by atoms with Crippen molar-refractivity contribution in [2.75, 3.05) is 44.3 Å². The Morgan fingerprint density at radius 3 is 2.35 bits per heavy atom. The summed E-state index contributed by atoms with van der Waals surface area (Å²) in [6.45, 7) is 1.03. The summed E-state index contributed by atoms with van der Waals surface area (Å²) in [6.07, 6.45) is -4.01. The molecule has 0 unspecified atom stereocenters. The van der Waals surface area contributed by atoms with Crippen LogP contribution in [0.25, 0.3) is 0 Å². The molecule has 0 bridgehead atoms. The van der Waals surface area contributed by atoms with Gasteiger partial charge in [-0.2, -0.15) is 17.5 Å². The predicted octanol–water partition coefficient (Wildman–Crippen LogP) is 1.08. The van der Waals surface area contributed by atoms with Crippen LogP contribution >= 0.6 is 0 Å². The zero-order chi connectivity index (χ0) is 22.7. The fraction of sp³-hybridized carbons (Fsp3) is 0.667. The number of hydrogen-bond acceptors (Lipinski definition) is 7. The number of anilines is 1. The summed E-state index contributed by atoms with van der Waals surface area (Å²) in [5.41, 5.74) is 1.96. The molecule has 2 aliphatic rings. The fourth-order valence-corrected chi connectivity index (χ4v) is 5.95. The van der Waals surface area contributed by atoms with Crippen LogP contribution in [0, 0.1) is 0 Å². The largest absolute Gasteiger partial charge is 0.389 e. The highest BCUT2D eigenvalue weighted by molar-refractivity contribution is 7.91. The van der Waals surface area contributed by atoms with E-state index in [2.05, 4.69) is 4.98 Å². The number of alkyl halides is 3. The maximum atomic E-state index is 13.3. The van der Waals surface area contributed by atoms with E-state index in [1.807, 2.05) is 4.90 Å². The van der Waals surface area contributed by atoms with Gasteiger partial charge in [0.25, 0.3) is 5.91 Å². The molecular formula is C18H25F3N4O5S. The Balaban J connectivity index is 1.65. The van der Waals surface area contributed by atoms with Crippen molar-refractivity contribution in [1.29, 1.82) is 0 Å². The average molecular weight is 466 g/mol. The first kappa shape index (κ1) is 23.7. The number of nitrogens with zero attached hydrogens (tertiary/aromatic N) is 3. The zero-order valence-electron chi connectivity index (χ0n) is 16.8. The van der Waals surface area contributed by atoms with Gasteiger partial charge >= 0.3 is 6.18 Å². The average Bonchev–Trinajstić information content (AvgIpc) is 2.77. The van der Waals surface area contributed by atoms with Gasteiger partial charge in [-0.05, 0) is 18.1 Å². The Morgan fingerprint density at radius 2 is 1.84 bits per heavy atom. The highest BCUT2D eigenvalue weighted by atomic mass is 32.2. The van der Waals surface area contributed by atoms with Gasteiger partial charge < -0.3 is 9.64 Å². The number of sulfonamides is 1. The molecule has 3 heterocycles. The highest BCUT2D eigenvalue weighted by Gasteiger charge is 2.54. The van der Waals surface area contributed by atoms with Gasteiger partial charge in [-0.15, -0.1) is 0 Å². The molecule has 2 saturated heterocycles. The van der Waals surface area contributed by atoms with E-state index in [4.69, 9.17) is 9.94 Å².